The summed E-state index contributed by atoms with van der Waals surface area (Å²) in [6.07, 6.45) is 5.54. The first-order valence-electron chi connectivity index (χ1n) is 8.53. The average molecular weight is 337 g/mol. The van der Waals surface area contributed by atoms with Crippen molar-refractivity contribution in [3.8, 4) is 11.5 Å². The molecule has 1 aliphatic heterocycles. The Hall–Kier alpha value is -2.60. The smallest absolute Gasteiger partial charge is 0.156 e. The van der Waals surface area contributed by atoms with E-state index in [1.54, 1.807) is 18.5 Å². The molecule has 0 saturated carbocycles. The zero-order valence-corrected chi connectivity index (χ0v) is 14.1. The van der Waals surface area contributed by atoms with Gasteiger partial charge in [0.25, 0.3) is 0 Å². The lowest BCUT2D eigenvalue weighted by Gasteiger charge is -2.24. The van der Waals surface area contributed by atoms with Gasteiger partial charge in [-0.25, -0.2) is 19.3 Å². The topological polar surface area (TPSA) is 57.7 Å². The van der Waals surface area contributed by atoms with Crippen LogP contribution in [0.1, 0.15) is 36.0 Å². The van der Waals surface area contributed by atoms with E-state index in [2.05, 4.69) is 19.9 Å². The lowest BCUT2D eigenvalue weighted by atomic mass is 10.1. The van der Waals surface area contributed by atoms with Crippen LogP contribution in [0.5, 0.6) is 0 Å². The highest BCUT2D eigenvalue weighted by Crippen LogP contribution is 2.32. The maximum absolute atomic E-state index is 14.0. The number of aryl methyl sites for hydroxylation is 1. The summed E-state index contributed by atoms with van der Waals surface area (Å²) >= 11 is 0. The van der Waals surface area contributed by atoms with E-state index in [0.29, 0.717) is 12.1 Å². The van der Waals surface area contributed by atoms with E-state index in [4.69, 9.17) is 4.98 Å². The summed E-state index contributed by atoms with van der Waals surface area (Å²) in [7, 11) is 0. The fourth-order valence-electron chi connectivity index (χ4n) is 3.42. The van der Waals surface area contributed by atoms with E-state index in [1.807, 2.05) is 25.1 Å². The third kappa shape index (κ3) is 3.30. The van der Waals surface area contributed by atoms with Crippen molar-refractivity contribution in [1.82, 2.24) is 24.8 Å². The Morgan fingerprint density at radius 2 is 2.16 bits per heavy atom. The minimum Gasteiger partial charge on any atom is -0.343 e. The van der Waals surface area contributed by atoms with E-state index in [1.165, 1.54) is 6.07 Å². The molecule has 1 saturated heterocycles. The number of likely N-dealkylation sites (tertiary alicyclic amines) is 1. The van der Waals surface area contributed by atoms with Gasteiger partial charge in [0.05, 0.1) is 6.04 Å². The number of halogens is 1. The minimum absolute atomic E-state index is 0.105. The fraction of sp³-hybridized carbons (Fsp3) is 0.316. The van der Waals surface area contributed by atoms with Gasteiger partial charge in [-0.15, -0.1) is 0 Å². The largest absolute Gasteiger partial charge is 0.343 e. The molecule has 4 rings (SSSR count). The molecule has 1 unspecified atom stereocenters. The van der Waals surface area contributed by atoms with E-state index in [0.717, 1.165) is 42.4 Å². The molecule has 5 nitrogen and oxygen atoms in total. The quantitative estimate of drug-likeness (QED) is 0.789. The first-order valence-corrected chi connectivity index (χ1v) is 8.53. The van der Waals surface area contributed by atoms with Gasteiger partial charge >= 0.3 is 0 Å². The Morgan fingerprint density at radius 3 is 2.96 bits per heavy atom. The number of rotatable bonds is 4. The molecule has 1 aliphatic rings. The molecule has 1 atom stereocenters. The molecule has 0 spiro atoms. The molecule has 0 radical (unpaired) electrons. The van der Waals surface area contributed by atoms with Crippen LogP contribution >= 0.6 is 0 Å². The summed E-state index contributed by atoms with van der Waals surface area (Å²) in [6.45, 7) is 3.46. The molecule has 0 amide bonds. The molecule has 128 valence electrons. The van der Waals surface area contributed by atoms with Gasteiger partial charge in [0.1, 0.15) is 17.3 Å². The molecule has 1 aromatic carbocycles. The Bertz CT molecular complexity index is 862. The first kappa shape index (κ1) is 15.9. The maximum atomic E-state index is 14.0. The maximum Gasteiger partial charge on any atom is 0.156 e. The summed E-state index contributed by atoms with van der Waals surface area (Å²) in [6, 6.07) is 8.99. The Balaban J connectivity index is 1.63. The molecular weight excluding hydrogens is 317 g/mol. The highest BCUT2D eigenvalue weighted by molar-refractivity contribution is 5.49. The third-order valence-corrected chi connectivity index (χ3v) is 4.61. The minimum atomic E-state index is -0.158. The van der Waals surface area contributed by atoms with Gasteiger partial charge in [-0.2, -0.15) is 0 Å². The van der Waals surface area contributed by atoms with Crippen molar-refractivity contribution in [3.05, 3.63) is 65.6 Å². The zero-order valence-electron chi connectivity index (χ0n) is 14.1. The number of hydrogen-bond acceptors (Lipinski definition) is 4. The second-order valence-electron chi connectivity index (χ2n) is 6.41. The number of nitrogens with one attached hydrogen (secondary N) is 1. The molecular formula is C19H20FN5. The molecule has 0 bridgehead atoms. The summed E-state index contributed by atoms with van der Waals surface area (Å²) in [5, 5.41) is 0. The molecule has 3 heterocycles. The SMILES string of the molecule is Cc1cc(-c2ncc[nH]2)nc(C2CCCN2Cc2ccccc2F)n1. The van der Waals surface area contributed by atoms with Crippen LogP contribution in [-0.2, 0) is 6.54 Å². The van der Waals surface area contributed by atoms with Gasteiger partial charge in [-0.1, -0.05) is 18.2 Å². The monoisotopic (exact) mass is 337 g/mol. The Labute approximate surface area is 146 Å². The van der Waals surface area contributed by atoms with Gasteiger partial charge in [0, 0.05) is 30.2 Å². The van der Waals surface area contributed by atoms with Crippen LogP contribution in [0.15, 0.2) is 42.7 Å². The van der Waals surface area contributed by atoms with Gasteiger partial charge in [-0.3, -0.25) is 4.90 Å². The fourth-order valence-corrected chi connectivity index (χ4v) is 3.42. The van der Waals surface area contributed by atoms with E-state index in [9.17, 15) is 4.39 Å². The molecule has 3 aromatic rings. The number of nitrogens with zero attached hydrogens (tertiary/aromatic N) is 4. The number of benzene rings is 1. The second-order valence-corrected chi connectivity index (χ2v) is 6.41. The van der Waals surface area contributed by atoms with Crippen molar-refractivity contribution in [1.29, 1.82) is 0 Å². The highest BCUT2D eigenvalue weighted by Gasteiger charge is 2.29. The van der Waals surface area contributed by atoms with Crippen molar-refractivity contribution in [2.75, 3.05) is 6.54 Å². The third-order valence-electron chi connectivity index (χ3n) is 4.61. The standard InChI is InChI=1S/C19H20FN5/c1-13-11-16(18-21-8-9-22-18)24-19(23-13)17-7-4-10-25(17)12-14-5-2-3-6-15(14)20/h2-3,5-6,8-9,11,17H,4,7,10,12H2,1H3,(H,21,22). The summed E-state index contributed by atoms with van der Waals surface area (Å²) < 4.78 is 14.0. The summed E-state index contributed by atoms with van der Waals surface area (Å²) in [5.41, 5.74) is 2.42. The Morgan fingerprint density at radius 1 is 1.28 bits per heavy atom. The highest BCUT2D eigenvalue weighted by atomic mass is 19.1. The molecule has 1 fully saturated rings. The van der Waals surface area contributed by atoms with Crippen LogP contribution < -0.4 is 0 Å². The lowest BCUT2D eigenvalue weighted by molar-refractivity contribution is 0.236. The van der Waals surface area contributed by atoms with Crippen LogP contribution in [0, 0.1) is 12.7 Å². The van der Waals surface area contributed by atoms with E-state index < -0.39 is 0 Å². The molecule has 25 heavy (non-hydrogen) atoms. The predicted octanol–water partition coefficient (Wildman–Crippen LogP) is 3.65. The zero-order chi connectivity index (χ0) is 17.2. The van der Waals surface area contributed by atoms with Gasteiger partial charge < -0.3 is 4.98 Å². The Kier molecular flexibility index (Phi) is 4.28. The number of aromatic amines is 1. The number of aromatic nitrogens is 4. The van der Waals surface area contributed by atoms with Crippen LogP contribution in [0.4, 0.5) is 4.39 Å². The lowest BCUT2D eigenvalue weighted by Crippen LogP contribution is -2.25. The summed E-state index contributed by atoms with van der Waals surface area (Å²) in [4.78, 5) is 19.0. The first-order chi connectivity index (χ1) is 12.2. The molecule has 1 N–H and O–H groups in total. The summed E-state index contributed by atoms with van der Waals surface area (Å²) in [5.74, 6) is 1.38. The van der Waals surface area contributed by atoms with E-state index in [-0.39, 0.29) is 11.9 Å². The molecule has 6 heteroatoms. The van der Waals surface area contributed by atoms with Crippen molar-refractivity contribution in [3.63, 3.8) is 0 Å². The molecule has 2 aromatic heterocycles. The van der Waals surface area contributed by atoms with Crippen molar-refractivity contribution >= 4 is 0 Å². The average Bonchev–Trinajstić information content (AvgIpc) is 3.28. The van der Waals surface area contributed by atoms with Crippen molar-refractivity contribution in [2.45, 2.75) is 32.4 Å². The van der Waals surface area contributed by atoms with Gasteiger partial charge in [-0.05, 0) is 38.4 Å². The second kappa shape index (κ2) is 6.72. The van der Waals surface area contributed by atoms with Crippen LogP contribution in [0.25, 0.3) is 11.5 Å². The van der Waals surface area contributed by atoms with Crippen LogP contribution in [-0.4, -0.2) is 31.4 Å². The predicted molar refractivity (Wildman–Crippen MR) is 93.1 cm³/mol. The number of H-pyrrole nitrogens is 1. The van der Waals surface area contributed by atoms with Crippen molar-refractivity contribution < 1.29 is 4.39 Å². The van der Waals surface area contributed by atoms with Crippen LogP contribution in [0.2, 0.25) is 0 Å². The van der Waals surface area contributed by atoms with Gasteiger partial charge in [0.15, 0.2) is 5.82 Å². The molecule has 0 aliphatic carbocycles. The number of imidazole rings is 1. The normalized spacial score (nSPS) is 17.9. The van der Waals surface area contributed by atoms with Crippen LogP contribution in [0.3, 0.4) is 0 Å². The van der Waals surface area contributed by atoms with E-state index >= 15 is 0 Å². The number of hydrogen-bond donors (Lipinski definition) is 1. The van der Waals surface area contributed by atoms with Gasteiger partial charge in [0.2, 0.25) is 0 Å². The van der Waals surface area contributed by atoms with Crippen molar-refractivity contribution in [2.24, 2.45) is 0 Å².